The maximum Gasteiger partial charge on any atom is 0.305 e. The van der Waals surface area contributed by atoms with Crippen LogP contribution >= 0.6 is 0 Å². The minimum absolute atomic E-state index is 0.0820. The molecule has 4 saturated carbocycles. The summed E-state index contributed by atoms with van der Waals surface area (Å²) in [6.07, 6.45) is 13.5. The van der Waals surface area contributed by atoms with Gasteiger partial charge in [0, 0.05) is 12.5 Å². The lowest BCUT2D eigenvalue weighted by atomic mass is 9.43. The second-order valence-electron chi connectivity index (χ2n) is 13.0. The van der Waals surface area contributed by atoms with E-state index in [1.165, 1.54) is 58.5 Å². The molecule has 10 atom stereocenters. The van der Waals surface area contributed by atoms with Crippen LogP contribution in [0.4, 0.5) is 0 Å². The molecule has 0 bridgehead atoms. The smallest absolute Gasteiger partial charge is 0.305 e. The molecule has 0 spiro atoms. The Labute approximate surface area is 208 Å². The second-order valence-corrected chi connectivity index (χ2v) is 13.0. The number of carbonyl (C=O) groups excluding carboxylic acids is 1. The normalized spacial score (nSPS) is 44.6. The van der Waals surface area contributed by atoms with E-state index in [2.05, 4.69) is 26.1 Å². The van der Waals surface area contributed by atoms with Crippen molar-refractivity contribution in [1.82, 2.24) is 5.32 Å². The minimum Gasteiger partial charge on any atom is -0.469 e. The van der Waals surface area contributed by atoms with Gasteiger partial charge in [-0.1, -0.05) is 20.8 Å². The molecule has 0 aromatic carbocycles. The van der Waals surface area contributed by atoms with Crippen LogP contribution in [0.25, 0.3) is 0 Å². The van der Waals surface area contributed by atoms with E-state index in [-0.39, 0.29) is 12.1 Å². The average molecular weight is 477 g/mol. The maximum atomic E-state index is 11.7. The van der Waals surface area contributed by atoms with Crippen molar-refractivity contribution in [3.63, 3.8) is 0 Å². The summed E-state index contributed by atoms with van der Waals surface area (Å²) in [7, 11) is 1.49. The Morgan fingerprint density at radius 3 is 2.56 bits per heavy atom. The number of carbonyl (C=O) groups is 1. The first-order valence-electron chi connectivity index (χ1n) is 14.4. The van der Waals surface area contributed by atoms with Gasteiger partial charge in [0.2, 0.25) is 0 Å². The Kier molecular flexibility index (Phi) is 8.36. The van der Waals surface area contributed by atoms with Crippen LogP contribution in [0.15, 0.2) is 0 Å². The first-order valence-corrected chi connectivity index (χ1v) is 14.4. The van der Waals surface area contributed by atoms with E-state index in [4.69, 9.17) is 10.5 Å². The van der Waals surface area contributed by atoms with Gasteiger partial charge >= 0.3 is 5.97 Å². The molecule has 0 aromatic rings. The van der Waals surface area contributed by atoms with Gasteiger partial charge in [0.05, 0.1) is 13.2 Å². The van der Waals surface area contributed by atoms with E-state index in [0.29, 0.717) is 58.8 Å². The summed E-state index contributed by atoms with van der Waals surface area (Å²) < 4.78 is 4.90. The molecule has 4 fully saturated rings. The van der Waals surface area contributed by atoms with Gasteiger partial charge < -0.3 is 20.9 Å². The lowest BCUT2D eigenvalue weighted by Gasteiger charge is -2.62. The first kappa shape index (κ1) is 26.4. The minimum atomic E-state index is -0.146. The number of hydrogen-bond acceptors (Lipinski definition) is 5. The summed E-state index contributed by atoms with van der Waals surface area (Å²) in [6.45, 7) is 9.33. The average Bonchev–Trinajstić information content (AvgIpc) is 3.18. The largest absolute Gasteiger partial charge is 0.469 e. The third-order valence-corrected chi connectivity index (χ3v) is 11.5. The molecule has 4 rings (SSSR count). The van der Waals surface area contributed by atoms with Crippen molar-refractivity contribution < 1.29 is 14.6 Å². The van der Waals surface area contributed by atoms with Crippen LogP contribution in [-0.2, 0) is 9.53 Å². The van der Waals surface area contributed by atoms with Crippen LogP contribution < -0.4 is 11.1 Å². The summed E-state index contributed by atoms with van der Waals surface area (Å²) in [5, 5.41) is 15.4. The fraction of sp³-hybridized carbons (Fsp3) is 0.966. The molecule has 0 radical (unpaired) electrons. The number of aliphatic hydroxyl groups excluding tert-OH is 1. The number of aliphatic hydroxyl groups is 1. The van der Waals surface area contributed by atoms with E-state index >= 15 is 0 Å². The number of unbranched alkanes of at least 4 members (excludes halogenated alkanes) is 1. The van der Waals surface area contributed by atoms with Crippen LogP contribution in [0.3, 0.4) is 0 Å². The lowest BCUT2D eigenvalue weighted by molar-refractivity contribution is -0.167. The zero-order valence-corrected chi connectivity index (χ0v) is 22.4. The monoisotopic (exact) mass is 476 g/mol. The Balaban J connectivity index is 1.42. The van der Waals surface area contributed by atoms with E-state index in [1.54, 1.807) is 0 Å². The van der Waals surface area contributed by atoms with Gasteiger partial charge in [0.1, 0.15) is 0 Å². The third-order valence-electron chi connectivity index (χ3n) is 11.5. The molecule has 5 heteroatoms. The number of rotatable bonds is 9. The summed E-state index contributed by atoms with van der Waals surface area (Å²) in [5.41, 5.74) is 6.35. The zero-order valence-electron chi connectivity index (χ0n) is 22.4. The van der Waals surface area contributed by atoms with Crippen molar-refractivity contribution in [2.45, 2.75) is 110 Å². The molecule has 0 amide bonds. The van der Waals surface area contributed by atoms with Gasteiger partial charge in [-0.05, 0) is 130 Å². The molecule has 0 aromatic heterocycles. The first-order chi connectivity index (χ1) is 16.2. The van der Waals surface area contributed by atoms with Crippen molar-refractivity contribution in [3.8, 4) is 0 Å². The highest BCUT2D eigenvalue weighted by atomic mass is 16.5. The Bertz CT molecular complexity index is 701. The summed E-state index contributed by atoms with van der Waals surface area (Å²) in [5.74, 6) is 3.53. The SMILES string of the molecule is COC(=O)CCC(C)[C@H]1CCC2C3C(CC[C@@]21C)[C@@]1(C)CC[C@@H](NCCCCN)C[C@H]1C[C@H]3O. The molecule has 4 aliphatic carbocycles. The van der Waals surface area contributed by atoms with Gasteiger partial charge in [0.25, 0.3) is 0 Å². The fourth-order valence-corrected chi connectivity index (χ4v) is 9.61. The van der Waals surface area contributed by atoms with E-state index < -0.39 is 0 Å². The Morgan fingerprint density at radius 1 is 1.09 bits per heavy atom. The number of nitrogens with two attached hydrogens (primary N) is 1. The summed E-state index contributed by atoms with van der Waals surface area (Å²) in [4.78, 5) is 11.7. The number of hydrogen-bond donors (Lipinski definition) is 3. The zero-order chi connectivity index (χ0) is 24.5. The van der Waals surface area contributed by atoms with Gasteiger partial charge in [-0.15, -0.1) is 0 Å². The van der Waals surface area contributed by atoms with Gasteiger partial charge in [0.15, 0.2) is 0 Å². The van der Waals surface area contributed by atoms with E-state index in [9.17, 15) is 9.90 Å². The maximum absolute atomic E-state index is 11.7. The lowest BCUT2D eigenvalue weighted by Crippen LogP contribution is -2.59. The highest BCUT2D eigenvalue weighted by molar-refractivity contribution is 5.69. The molecule has 5 nitrogen and oxygen atoms in total. The van der Waals surface area contributed by atoms with Gasteiger partial charge in [-0.25, -0.2) is 0 Å². The summed E-state index contributed by atoms with van der Waals surface area (Å²) in [6, 6.07) is 0.611. The Hall–Kier alpha value is -0.650. The molecular formula is C29H52N2O3. The number of nitrogens with one attached hydrogen (secondary N) is 1. The third kappa shape index (κ3) is 4.83. The number of ether oxygens (including phenoxy) is 1. The molecule has 4 N–H and O–H groups in total. The standard InChI is InChI=1S/C29H52N2O3/c1-19(7-10-26(33)34-4)22-8-9-23-27-24(12-14-29(22,23)3)28(2)13-11-21(31-16-6-5-15-30)17-20(28)18-25(27)32/h19-25,27,31-32H,5-18,30H2,1-4H3/t19?,20-,21+,22+,23?,24?,25+,27?,28-,29+/m0/s1. The predicted molar refractivity (Wildman–Crippen MR) is 137 cm³/mol. The van der Waals surface area contributed by atoms with Crippen LogP contribution in [0, 0.1) is 46.3 Å². The fourth-order valence-electron chi connectivity index (χ4n) is 9.61. The molecule has 0 saturated heterocycles. The van der Waals surface area contributed by atoms with Gasteiger partial charge in [-0.3, -0.25) is 4.79 Å². The molecular weight excluding hydrogens is 424 g/mol. The topological polar surface area (TPSA) is 84.6 Å². The van der Waals surface area contributed by atoms with Crippen LogP contribution in [0.1, 0.15) is 97.8 Å². The second kappa shape index (κ2) is 10.8. The number of fused-ring (bicyclic) bond motifs is 5. The molecule has 4 unspecified atom stereocenters. The Morgan fingerprint density at radius 2 is 1.82 bits per heavy atom. The van der Waals surface area contributed by atoms with E-state index in [0.717, 1.165) is 32.4 Å². The number of methoxy groups -OCH3 is 1. The predicted octanol–water partition coefficient (Wildman–Crippen LogP) is 4.90. The highest BCUT2D eigenvalue weighted by Gasteiger charge is 2.62. The molecule has 196 valence electrons. The molecule has 0 aliphatic heterocycles. The van der Waals surface area contributed by atoms with Crippen LogP contribution in [-0.4, -0.2) is 43.4 Å². The highest BCUT2D eigenvalue weighted by Crippen LogP contribution is 2.68. The quantitative estimate of drug-likeness (QED) is 0.325. The van der Waals surface area contributed by atoms with Crippen molar-refractivity contribution in [1.29, 1.82) is 0 Å². The molecule has 34 heavy (non-hydrogen) atoms. The van der Waals surface area contributed by atoms with Crippen molar-refractivity contribution in [3.05, 3.63) is 0 Å². The van der Waals surface area contributed by atoms with Crippen molar-refractivity contribution >= 4 is 5.97 Å². The van der Waals surface area contributed by atoms with E-state index in [1.807, 2.05) is 0 Å². The molecule has 4 aliphatic rings. The van der Waals surface area contributed by atoms with Gasteiger partial charge in [-0.2, -0.15) is 0 Å². The van der Waals surface area contributed by atoms with Crippen LogP contribution in [0.2, 0.25) is 0 Å². The van der Waals surface area contributed by atoms with Crippen molar-refractivity contribution in [2.75, 3.05) is 20.2 Å². The van der Waals surface area contributed by atoms with Crippen molar-refractivity contribution in [2.24, 2.45) is 52.1 Å². The number of esters is 1. The summed E-state index contributed by atoms with van der Waals surface area (Å²) >= 11 is 0. The van der Waals surface area contributed by atoms with Crippen LogP contribution in [0.5, 0.6) is 0 Å². The molecule has 0 heterocycles.